The van der Waals surface area contributed by atoms with E-state index in [9.17, 15) is 0 Å². The van der Waals surface area contributed by atoms with E-state index in [1.165, 1.54) is 44.9 Å². The second-order valence-corrected chi connectivity index (χ2v) is 8.87. The van der Waals surface area contributed by atoms with E-state index in [1.807, 2.05) is 0 Å². The van der Waals surface area contributed by atoms with Crippen molar-refractivity contribution in [3.8, 4) is 0 Å². The van der Waals surface area contributed by atoms with Crippen LogP contribution in [0, 0.1) is 23.2 Å². The molecule has 5 rings (SSSR count). The highest BCUT2D eigenvalue weighted by atomic mass is 14.8. The average Bonchev–Trinajstić information content (AvgIpc) is 2.51. The molecule has 0 aromatic rings. The van der Waals surface area contributed by atoms with Gasteiger partial charge in [0.2, 0.25) is 0 Å². The molecule has 0 heterocycles. The molecule has 1 heteroatoms. The maximum absolute atomic E-state index is 6.88. The maximum atomic E-state index is 6.88. The van der Waals surface area contributed by atoms with Crippen LogP contribution in [-0.2, 0) is 0 Å². The highest BCUT2D eigenvalue weighted by Gasteiger charge is 2.52. The van der Waals surface area contributed by atoms with Crippen molar-refractivity contribution in [3.63, 3.8) is 0 Å². The summed E-state index contributed by atoms with van der Waals surface area (Å²) < 4.78 is 0. The Bertz CT molecular complexity index is 302. The summed E-state index contributed by atoms with van der Waals surface area (Å²) in [6.45, 7) is 0. The Labute approximate surface area is 118 Å². The first-order valence-electron chi connectivity index (χ1n) is 8.94. The third kappa shape index (κ3) is 2.37. The van der Waals surface area contributed by atoms with Gasteiger partial charge in [0, 0.05) is 5.54 Å². The van der Waals surface area contributed by atoms with E-state index < -0.39 is 0 Å². The minimum absolute atomic E-state index is 0.210. The Morgan fingerprint density at radius 1 is 0.737 bits per heavy atom. The number of nitrogens with two attached hydrogens (primary N) is 1. The zero-order valence-electron chi connectivity index (χ0n) is 12.5. The molecule has 0 saturated heterocycles. The minimum Gasteiger partial charge on any atom is -0.325 e. The molecule has 0 amide bonds. The molecule has 0 aromatic heterocycles. The Morgan fingerprint density at radius 3 is 1.68 bits per heavy atom. The summed E-state index contributed by atoms with van der Waals surface area (Å²) in [5, 5.41) is 0. The van der Waals surface area contributed by atoms with E-state index >= 15 is 0 Å². The van der Waals surface area contributed by atoms with Gasteiger partial charge < -0.3 is 5.73 Å². The fourth-order valence-electron chi connectivity index (χ4n) is 6.86. The zero-order valence-corrected chi connectivity index (χ0v) is 12.5. The van der Waals surface area contributed by atoms with E-state index in [0.717, 1.165) is 17.8 Å². The van der Waals surface area contributed by atoms with Crippen molar-refractivity contribution < 1.29 is 0 Å². The molecule has 2 N–H and O–H groups in total. The predicted octanol–water partition coefficient (Wildman–Crippen LogP) is 4.64. The minimum atomic E-state index is 0.210. The van der Waals surface area contributed by atoms with Gasteiger partial charge in [-0.3, -0.25) is 0 Å². The van der Waals surface area contributed by atoms with Crippen LogP contribution in [0.1, 0.15) is 83.5 Å². The van der Waals surface area contributed by atoms with Gasteiger partial charge in [-0.1, -0.05) is 25.7 Å². The number of rotatable bonds is 2. The van der Waals surface area contributed by atoms with E-state index in [1.54, 1.807) is 38.5 Å². The van der Waals surface area contributed by atoms with Gasteiger partial charge in [-0.05, 0) is 81.0 Å². The van der Waals surface area contributed by atoms with Gasteiger partial charge in [0.05, 0.1) is 0 Å². The van der Waals surface area contributed by atoms with E-state index in [0.29, 0.717) is 5.41 Å². The van der Waals surface area contributed by atoms with E-state index in [4.69, 9.17) is 5.73 Å². The van der Waals surface area contributed by atoms with Crippen LogP contribution in [0.25, 0.3) is 0 Å². The Hall–Kier alpha value is -0.0400. The SMILES string of the molecule is NC1(CC23CC4CC(CC(C4)C2)C3)CCCCCC1. The molecule has 0 unspecified atom stereocenters. The summed E-state index contributed by atoms with van der Waals surface area (Å²) in [5.41, 5.74) is 7.78. The van der Waals surface area contributed by atoms with Crippen LogP contribution in [0.2, 0.25) is 0 Å². The molecule has 4 bridgehead atoms. The Kier molecular flexibility index (Phi) is 2.99. The lowest BCUT2D eigenvalue weighted by molar-refractivity contribution is -0.0693. The molecule has 5 saturated carbocycles. The Morgan fingerprint density at radius 2 is 1.21 bits per heavy atom. The molecule has 0 atom stereocenters. The van der Waals surface area contributed by atoms with Crippen LogP contribution in [-0.4, -0.2) is 5.54 Å². The van der Waals surface area contributed by atoms with Gasteiger partial charge in [0.1, 0.15) is 0 Å². The lowest BCUT2D eigenvalue weighted by Gasteiger charge is -2.59. The highest BCUT2D eigenvalue weighted by Crippen LogP contribution is 2.62. The van der Waals surface area contributed by atoms with E-state index in [-0.39, 0.29) is 5.54 Å². The molecule has 0 aromatic carbocycles. The van der Waals surface area contributed by atoms with Gasteiger partial charge in [-0.25, -0.2) is 0 Å². The number of hydrogen-bond acceptors (Lipinski definition) is 1. The van der Waals surface area contributed by atoms with Gasteiger partial charge in [-0.15, -0.1) is 0 Å². The fourth-order valence-corrected chi connectivity index (χ4v) is 6.86. The summed E-state index contributed by atoms with van der Waals surface area (Å²) in [4.78, 5) is 0. The van der Waals surface area contributed by atoms with Crippen molar-refractivity contribution in [3.05, 3.63) is 0 Å². The quantitative estimate of drug-likeness (QED) is 0.720. The Balaban J connectivity index is 1.52. The van der Waals surface area contributed by atoms with E-state index in [2.05, 4.69) is 0 Å². The van der Waals surface area contributed by atoms with Crippen molar-refractivity contribution in [1.82, 2.24) is 0 Å². The van der Waals surface area contributed by atoms with Crippen LogP contribution < -0.4 is 5.73 Å². The van der Waals surface area contributed by atoms with Crippen LogP contribution >= 0.6 is 0 Å². The molecule has 0 aliphatic heterocycles. The highest BCUT2D eigenvalue weighted by molar-refractivity contribution is 5.05. The van der Waals surface area contributed by atoms with Gasteiger partial charge in [-0.2, -0.15) is 0 Å². The molecule has 5 aliphatic carbocycles. The van der Waals surface area contributed by atoms with Crippen molar-refractivity contribution >= 4 is 0 Å². The summed E-state index contributed by atoms with van der Waals surface area (Å²) >= 11 is 0. The molecule has 5 fully saturated rings. The molecule has 0 spiro atoms. The fraction of sp³-hybridized carbons (Fsp3) is 1.00. The summed E-state index contributed by atoms with van der Waals surface area (Å²) in [6.07, 6.45) is 19.0. The molecular formula is C18H31N. The number of hydrogen-bond donors (Lipinski definition) is 1. The smallest absolute Gasteiger partial charge is 0.0159 e. The lowest BCUT2D eigenvalue weighted by atomic mass is 9.47. The summed E-state index contributed by atoms with van der Waals surface area (Å²) in [6, 6.07) is 0. The van der Waals surface area contributed by atoms with Crippen molar-refractivity contribution in [2.75, 3.05) is 0 Å². The van der Waals surface area contributed by atoms with Gasteiger partial charge in [0.15, 0.2) is 0 Å². The summed E-state index contributed by atoms with van der Waals surface area (Å²) in [5.74, 6) is 3.25. The van der Waals surface area contributed by atoms with Gasteiger partial charge >= 0.3 is 0 Å². The molecule has 108 valence electrons. The second kappa shape index (κ2) is 4.48. The second-order valence-electron chi connectivity index (χ2n) is 8.87. The van der Waals surface area contributed by atoms with Crippen molar-refractivity contribution in [2.45, 2.75) is 89.0 Å². The predicted molar refractivity (Wildman–Crippen MR) is 79.8 cm³/mol. The third-order valence-electron chi connectivity index (χ3n) is 6.99. The maximum Gasteiger partial charge on any atom is 0.0159 e. The molecule has 0 radical (unpaired) electrons. The topological polar surface area (TPSA) is 26.0 Å². The monoisotopic (exact) mass is 261 g/mol. The molecule has 1 nitrogen and oxygen atoms in total. The van der Waals surface area contributed by atoms with Crippen molar-refractivity contribution in [1.29, 1.82) is 0 Å². The van der Waals surface area contributed by atoms with Crippen molar-refractivity contribution in [2.24, 2.45) is 28.9 Å². The first kappa shape index (κ1) is 12.7. The standard InChI is InChI=1S/C18H31N/c19-18(5-3-1-2-4-6-18)13-17-10-14-7-15(11-17)9-16(8-14)12-17/h14-16H,1-13,19H2. The molecule has 19 heavy (non-hydrogen) atoms. The first-order valence-corrected chi connectivity index (χ1v) is 8.94. The largest absolute Gasteiger partial charge is 0.325 e. The van der Waals surface area contributed by atoms with Crippen LogP contribution in [0.15, 0.2) is 0 Å². The normalized spacial score (nSPS) is 48.2. The van der Waals surface area contributed by atoms with Crippen LogP contribution in [0.5, 0.6) is 0 Å². The van der Waals surface area contributed by atoms with Gasteiger partial charge in [0.25, 0.3) is 0 Å². The zero-order chi connectivity index (χ0) is 12.9. The summed E-state index contributed by atoms with van der Waals surface area (Å²) in [7, 11) is 0. The third-order valence-corrected chi connectivity index (χ3v) is 6.99. The average molecular weight is 261 g/mol. The molecular weight excluding hydrogens is 230 g/mol. The molecule has 5 aliphatic rings. The lowest BCUT2D eigenvalue weighted by Crippen LogP contribution is -2.52. The first-order chi connectivity index (χ1) is 9.15. The van der Waals surface area contributed by atoms with Crippen LogP contribution in [0.4, 0.5) is 0 Å². The van der Waals surface area contributed by atoms with Crippen LogP contribution in [0.3, 0.4) is 0 Å².